The second kappa shape index (κ2) is 6.75. The molecule has 1 aromatic carbocycles. The Balaban J connectivity index is 1.43. The van der Waals surface area contributed by atoms with E-state index < -0.39 is 17.8 Å². The highest BCUT2D eigenvalue weighted by Gasteiger charge is 2.51. The number of carbonyl (C=O) groups is 2. The Morgan fingerprint density at radius 2 is 1.58 bits per heavy atom. The first-order valence-electron chi connectivity index (χ1n) is 8.81. The Bertz CT molecular complexity index is 845. The third kappa shape index (κ3) is 3.12. The van der Waals surface area contributed by atoms with Crippen LogP contribution in [0.15, 0.2) is 60.9 Å². The number of anilines is 1. The van der Waals surface area contributed by atoms with Crippen LogP contribution in [0, 0.1) is 23.7 Å². The van der Waals surface area contributed by atoms with Crippen LogP contribution in [0.25, 0.3) is 0 Å². The third-order valence-electron chi connectivity index (χ3n) is 5.43. The molecule has 2 aliphatic carbocycles. The molecular weight excluding hydrogens is 328 g/mol. The maximum absolute atomic E-state index is 12.7. The van der Waals surface area contributed by atoms with Crippen molar-refractivity contribution in [2.24, 2.45) is 23.7 Å². The van der Waals surface area contributed by atoms with E-state index in [1.807, 2.05) is 48.6 Å². The number of aromatic nitrogens is 1. The van der Waals surface area contributed by atoms with E-state index in [0.717, 1.165) is 18.4 Å². The highest BCUT2D eigenvalue weighted by atomic mass is 16.4. The Kier molecular flexibility index (Phi) is 4.29. The zero-order chi connectivity index (χ0) is 18.1. The predicted molar refractivity (Wildman–Crippen MR) is 97.5 cm³/mol. The van der Waals surface area contributed by atoms with E-state index in [1.54, 1.807) is 12.4 Å². The first-order chi connectivity index (χ1) is 12.6. The molecule has 5 nitrogen and oxygen atoms in total. The lowest BCUT2D eigenvalue weighted by molar-refractivity contribution is -0.146. The fourth-order valence-electron chi connectivity index (χ4n) is 4.18. The quantitative estimate of drug-likeness (QED) is 0.814. The van der Waals surface area contributed by atoms with E-state index in [9.17, 15) is 14.7 Å². The van der Waals surface area contributed by atoms with Crippen molar-refractivity contribution in [1.29, 1.82) is 0 Å². The second-order valence-electron chi connectivity index (χ2n) is 7.06. The van der Waals surface area contributed by atoms with Crippen LogP contribution in [0.4, 0.5) is 5.69 Å². The lowest BCUT2D eigenvalue weighted by Gasteiger charge is -2.23. The predicted octanol–water partition coefficient (Wildman–Crippen LogP) is 3.13. The molecule has 4 atom stereocenters. The van der Waals surface area contributed by atoms with E-state index in [0.29, 0.717) is 5.69 Å². The number of aliphatic carboxylic acids is 1. The molecule has 5 heteroatoms. The second-order valence-corrected chi connectivity index (χ2v) is 7.06. The highest BCUT2D eigenvalue weighted by molar-refractivity contribution is 5.96. The number of rotatable bonds is 5. The topological polar surface area (TPSA) is 79.3 Å². The van der Waals surface area contributed by atoms with Crippen molar-refractivity contribution in [1.82, 2.24) is 4.98 Å². The molecule has 4 rings (SSSR count). The lowest BCUT2D eigenvalue weighted by atomic mass is 9.82. The van der Waals surface area contributed by atoms with E-state index in [-0.39, 0.29) is 17.7 Å². The molecule has 1 heterocycles. The zero-order valence-corrected chi connectivity index (χ0v) is 14.2. The number of fused-ring (bicyclic) bond motifs is 2. The van der Waals surface area contributed by atoms with Gasteiger partial charge in [0.2, 0.25) is 5.91 Å². The van der Waals surface area contributed by atoms with Crippen molar-refractivity contribution in [2.75, 3.05) is 5.32 Å². The molecule has 26 heavy (non-hydrogen) atoms. The molecule has 0 saturated heterocycles. The van der Waals surface area contributed by atoms with E-state index in [2.05, 4.69) is 10.3 Å². The average molecular weight is 348 g/mol. The van der Waals surface area contributed by atoms with Gasteiger partial charge in [0.05, 0.1) is 11.8 Å². The normalized spacial score (nSPS) is 26.0. The maximum Gasteiger partial charge on any atom is 0.307 e. The van der Waals surface area contributed by atoms with Crippen LogP contribution in [0.2, 0.25) is 0 Å². The third-order valence-corrected chi connectivity index (χ3v) is 5.43. The summed E-state index contributed by atoms with van der Waals surface area (Å²) in [6, 6.07) is 11.6. The number of carbonyl (C=O) groups excluding carboxylic acids is 1. The number of amides is 1. The minimum absolute atomic E-state index is 0.0176. The molecule has 1 aromatic heterocycles. The van der Waals surface area contributed by atoms with Crippen LogP contribution < -0.4 is 5.32 Å². The van der Waals surface area contributed by atoms with Gasteiger partial charge < -0.3 is 10.4 Å². The van der Waals surface area contributed by atoms with Crippen molar-refractivity contribution in [3.63, 3.8) is 0 Å². The van der Waals surface area contributed by atoms with Gasteiger partial charge in [0, 0.05) is 18.1 Å². The summed E-state index contributed by atoms with van der Waals surface area (Å²) in [7, 11) is 0. The molecule has 2 N–H and O–H groups in total. The van der Waals surface area contributed by atoms with Crippen molar-refractivity contribution < 1.29 is 14.7 Å². The van der Waals surface area contributed by atoms with Gasteiger partial charge in [-0.2, -0.15) is 0 Å². The number of carboxylic acid groups (broad SMARTS) is 1. The summed E-state index contributed by atoms with van der Waals surface area (Å²) in [4.78, 5) is 28.3. The SMILES string of the molecule is O=C(O)[C@@H]1[C@@H](C(=O)Nc2ccc(Cc3ccncc3)cc2)[C@H]2C=C[C@H]1C2. The molecule has 0 spiro atoms. The van der Waals surface area contributed by atoms with Gasteiger partial charge in [-0.05, 0) is 60.1 Å². The summed E-state index contributed by atoms with van der Waals surface area (Å²) in [5.74, 6) is -2.16. The van der Waals surface area contributed by atoms with Gasteiger partial charge in [0.25, 0.3) is 0 Å². The van der Waals surface area contributed by atoms with Gasteiger partial charge >= 0.3 is 5.97 Å². The van der Waals surface area contributed by atoms with Crippen LogP contribution in [-0.4, -0.2) is 22.0 Å². The smallest absolute Gasteiger partial charge is 0.307 e. The van der Waals surface area contributed by atoms with E-state index in [4.69, 9.17) is 0 Å². The standard InChI is InChI=1S/C21H20N2O3/c24-20(18-15-3-4-16(12-15)19(18)21(25)26)23-17-5-1-13(2-6-17)11-14-7-9-22-10-8-14/h1-10,15-16,18-19H,11-12H2,(H,23,24)(H,25,26)/t15-,16-,18-,19-/m0/s1. The van der Waals surface area contributed by atoms with Crippen LogP contribution in [-0.2, 0) is 16.0 Å². The first kappa shape index (κ1) is 16.5. The summed E-state index contributed by atoms with van der Waals surface area (Å²) in [6.45, 7) is 0. The molecule has 132 valence electrons. The van der Waals surface area contributed by atoms with E-state index in [1.165, 1.54) is 5.56 Å². The number of hydrogen-bond acceptors (Lipinski definition) is 3. The number of hydrogen-bond donors (Lipinski definition) is 2. The van der Waals surface area contributed by atoms with Crippen LogP contribution >= 0.6 is 0 Å². The lowest BCUT2D eigenvalue weighted by Crippen LogP contribution is -2.36. The molecule has 1 saturated carbocycles. The summed E-state index contributed by atoms with van der Waals surface area (Å²) < 4.78 is 0. The molecule has 0 radical (unpaired) electrons. The van der Waals surface area contributed by atoms with Gasteiger partial charge in [0.1, 0.15) is 0 Å². The maximum atomic E-state index is 12.7. The largest absolute Gasteiger partial charge is 0.481 e. The van der Waals surface area contributed by atoms with Crippen LogP contribution in [0.1, 0.15) is 17.5 Å². The average Bonchev–Trinajstić information content (AvgIpc) is 3.25. The molecular formula is C21H20N2O3. The Hall–Kier alpha value is -2.95. The number of carboxylic acids is 1. The Morgan fingerprint density at radius 1 is 0.962 bits per heavy atom. The van der Waals surface area contributed by atoms with E-state index >= 15 is 0 Å². The molecule has 2 aliphatic rings. The zero-order valence-electron chi connectivity index (χ0n) is 14.2. The van der Waals surface area contributed by atoms with Crippen molar-refractivity contribution in [3.05, 3.63) is 72.1 Å². The van der Waals surface area contributed by atoms with Crippen molar-refractivity contribution >= 4 is 17.6 Å². The van der Waals surface area contributed by atoms with Gasteiger partial charge in [-0.15, -0.1) is 0 Å². The van der Waals surface area contributed by atoms with Crippen LogP contribution in [0.5, 0.6) is 0 Å². The van der Waals surface area contributed by atoms with Crippen LogP contribution in [0.3, 0.4) is 0 Å². The molecule has 2 bridgehead atoms. The summed E-state index contributed by atoms with van der Waals surface area (Å²) >= 11 is 0. The molecule has 1 amide bonds. The number of allylic oxidation sites excluding steroid dienone is 2. The van der Waals surface area contributed by atoms with Crippen molar-refractivity contribution in [3.8, 4) is 0 Å². The number of benzene rings is 1. The summed E-state index contributed by atoms with van der Waals surface area (Å²) in [5, 5.41) is 12.4. The monoisotopic (exact) mass is 348 g/mol. The number of nitrogens with zero attached hydrogens (tertiary/aromatic N) is 1. The van der Waals surface area contributed by atoms with Gasteiger partial charge in [0.15, 0.2) is 0 Å². The van der Waals surface area contributed by atoms with Gasteiger partial charge in [-0.1, -0.05) is 24.3 Å². The number of nitrogens with one attached hydrogen (secondary N) is 1. The van der Waals surface area contributed by atoms with Crippen molar-refractivity contribution in [2.45, 2.75) is 12.8 Å². The Morgan fingerprint density at radius 3 is 2.23 bits per heavy atom. The summed E-state index contributed by atoms with van der Waals surface area (Å²) in [5.41, 5.74) is 3.01. The number of pyridine rings is 1. The minimum Gasteiger partial charge on any atom is -0.481 e. The highest BCUT2D eigenvalue weighted by Crippen LogP contribution is 2.48. The van der Waals surface area contributed by atoms with Gasteiger partial charge in [-0.3, -0.25) is 14.6 Å². The summed E-state index contributed by atoms with van der Waals surface area (Å²) in [6.07, 6.45) is 9.04. The first-order valence-corrected chi connectivity index (χ1v) is 8.81. The van der Waals surface area contributed by atoms with Gasteiger partial charge in [-0.25, -0.2) is 0 Å². The fraction of sp³-hybridized carbons (Fsp3) is 0.286. The fourth-order valence-corrected chi connectivity index (χ4v) is 4.18. The molecule has 1 fully saturated rings. The minimum atomic E-state index is -0.880. The molecule has 2 aromatic rings. The molecule has 0 aliphatic heterocycles. The molecule has 0 unspecified atom stereocenters. The Labute approximate surface area is 151 Å².